The van der Waals surface area contributed by atoms with Crippen molar-refractivity contribution in [3.63, 3.8) is 0 Å². The van der Waals surface area contributed by atoms with Crippen molar-refractivity contribution in [1.29, 1.82) is 5.26 Å². The lowest BCUT2D eigenvalue weighted by molar-refractivity contribution is 0.305. The Morgan fingerprint density at radius 1 is 0.929 bits per heavy atom. The van der Waals surface area contributed by atoms with Gasteiger partial charge in [0.25, 0.3) is 10.0 Å². The van der Waals surface area contributed by atoms with E-state index < -0.39 is 10.0 Å². The molecule has 3 aromatic rings. The van der Waals surface area contributed by atoms with E-state index in [-0.39, 0.29) is 11.5 Å². The van der Waals surface area contributed by atoms with Gasteiger partial charge in [-0.3, -0.25) is 4.31 Å². The van der Waals surface area contributed by atoms with Crippen LogP contribution >= 0.6 is 0 Å². The Morgan fingerprint density at radius 3 is 2.21 bits per heavy atom. The molecule has 0 atom stereocenters. The van der Waals surface area contributed by atoms with Crippen molar-refractivity contribution in [3.05, 3.63) is 90.0 Å². The third-order valence-electron chi connectivity index (χ3n) is 4.28. The first-order valence-corrected chi connectivity index (χ1v) is 10.3. The van der Waals surface area contributed by atoms with Crippen LogP contribution in [0.5, 0.6) is 5.75 Å². The zero-order chi connectivity index (χ0) is 20.0. The molecule has 0 amide bonds. The standard InChI is InChI=1S/C22H20N2O3S/c1-2-24(20-10-4-3-5-11-20)28(25,26)22-14-12-21(13-15-22)27-17-19-9-7-6-8-18(19)16-23/h3-15H,2,17H2,1H3. The molecule has 142 valence electrons. The van der Waals surface area contributed by atoms with Crippen LogP contribution in [0.25, 0.3) is 0 Å². The molecule has 0 bridgehead atoms. The maximum Gasteiger partial charge on any atom is 0.264 e. The monoisotopic (exact) mass is 392 g/mol. The van der Waals surface area contributed by atoms with Crippen molar-refractivity contribution in [2.24, 2.45) is 0 Å². The molecule has 0 fully saturated rings. The normalized spacial score (nSPS) is 10.9. The highest BCUT2D eigenvalue weighted by molar-refractivity contribution is 7.92. The molecule has 0 unspecified atom stereocenters. The molecule has 0 radical (unpaired) electrons. The highest BCUT2D eigenvalue weighted by Gasteiger charge is 2.23. The van der Waals surface area contributed by atoms with Gasteiger partial charge in [0.05, 0.1) is 22.2 Å². The summed E-state index contributed by atoms with van der Waals surface area (Å²) >= 11 is 0. The summed E-state index contributed by atoms with van der Waals surface area (Å²) < 4.78 is 33.1. The maximum absolute atomic E-state index is 13.0. The number of nitriles is 1. The molecule has 3 aromatic carbocycles. The highest BCUT2D eigenvalue weighted by atomic mass is 32.2. The van der Waals surface area contributed by atoms with E-state index in [4.69, 9.17) is 10.00 Å². The molecule has 0 heterocycles. The Morgan fingerprint density at radius 2 is 1.57 bits per heavy atom. The second-order valence-corrected chi connectivity index (χ2v) is 7.90. The predicted molar refractivity (Wildman–Crippen MR) is 109 cm³/mol. The first-order valence-electron chi connectivity index (χ1n) is 8.85. The van der Waals surface area contributed by atoms with E-state index in [1.54, 1.807) is 43.3 Å². The topological polar surface area (TPSA) is 70.4 Å². The Kier molecular flexibility index (Phi) is 5.97. The number of ether oxygens (including phenoxy) is 1. The molecule has 0 spiro atoms. The molecule has 5 nitrogen and oxygen atoms in total. The highest BCUT2D eigenvalue weighted by Crippen LogP contribution is 2.25. The number of anilines is 1. The minimum Gasteiger partial charge on any atom is -0.489 e. The summed E-state index contributed by atoms with van der Waals surface area (Å²) in [6.07, 6.45) is 0. The average Bonchev–Trinajstić information content (AvgIpc) is 2.74. The first-order chi connectivity index (χ1) is 13.6. The smallest absolute Gasteiger partial charge is 0.264 e. The van der Waals surface area contributed by atoms with E-state index in [1.165, 1.54) is 16.4 Å². The van der Waals surface area contributed by atoms with E-state index in [9.17, 15) is 8.42 Å². The molecular weight excluding hydrogens is 372 g/mol. The van der Waals surface area contributed by atoms with E-state index in [1.807, 2.05) is 30.3 Å². The minimum atomic E-state index is -3.66. The van der Waals surface area contributed by atoms with Crippen molar-refractivity contribution in [2.45, 2.75) is 18.4 Å². The van der Waals surface area contributed by atoms with Gasteiger partial charge in [-0.05, 0) is 49.4 Å². The lowest BCUT2D eigenvalue weighted by Crippen LogP contribution is -2.30. The van der Waals surface area contributed by atoms with Gasteiger partial charge in [0, 0.05) is 12.1 Å². The summed E-state index contributed by atoms with van der Waals surface area (Å²) in [5, 5.41) is 9.13. The second-order valence-electron chi connectivity index (χ2n) is 6.03. The van der Waals surface area contributed by atoms with E-state index in [0.29, 0.717) is 23.5 Å². The Hall–Kier alpha value is -3.30. The number of rotatable bonds is 7. The van der Waals surface area contributed by atoms with Gasteiger partial charge in [-0.1, -0.05) is 36.4 Å². The number of sulfonamides is 1. The Balaban J connectivity index is 1.77. The van der Waals surface area contributed by atoms with Gasteiger partial charge in [-0.25, -0.2) is 8.42 Å². The van der Waals surface area contributed by atoms with Crippen LogP contribution in [0.15, 0.2) is 83.8 Å². The van der Waals surface area contributed by atoms with Crippen molar-refractivity contribution >= 4 is 15.7 Å². The fourth-order valence-corrected chi connectivity index (χ4v) is 4.31. The fraction of sp³-hybridized carbons (Fsp3) is 0.136. The molecule has 0 aromatic heterocycles. The van der Waals surface area contributed by atoms with Gasteiger partial charge in [0.1, 0.15) is 12.4 Å². The fourth-order valence-electron chi connectivity index (χ4n) is 2.84. The summed E-state index contributed by atoms with van der Waals surface area (Å²) in [7, 11) is -3.66. The van der Waals surface area contributed by atoms with E-state index in [0.717, 1.165) is 5.56 Å². The maximum atomic E-state index is 13.0. The number of benzene rings is 3. The number of nitrogens with zero attached hydrogens (tertiary/aromatic N) is 2. The lowest BCUT2D eigenvalue weighted by atomic mass is 10.1. The zero-order valence-electron chi connectivity index (χ0n) is 15.4. The van der Waals surface area contributed by atoms with Crippen molar-refractivity contribution in [3.8, 4) is 11.8 Å². The quantitative estimate of drug-likeness (QED) is 0.599. The Labute approximate surface area is 165 Å². The van der Waals surface area contributed by atoms with Gasteiger partial charge >= 0.3 is 0 Å². The van der Waals surface area contributed by atoms with Crippen LogP contribution in [-0.2, 0) is 16.6 Å². The van der Waals surface area contributed by atoms with Gasteiger partial charge < -0.3 is 4.74 Å². The van der Waals surface area contributed by atoms with Crippen LogP contribution in [0.3, 0.4) is 0 Å². The predicted octanol–water partition coefficient (Wildman–Crippen LogP) is 4.35. The molecule has 0 saturated carbocycles. The van der Waals surface area contributed by atoms with Gasteiger partial charge in [-0.2, -0.15) is 5.26 Å². The van der Waals surface area contributed by atoms with Crippen molar-refractivity contribution in [2.75, 3.05) is 10.8 Å². The average molecular weight is 392 g/mol. The third kappa shape index (κ3) is 4.16. The van der Waals surface area contributed by atoms with Crippen molar-refractivity contribution in [1.82, 2.24) is 0 Å². The largest absolute Gasteiger partial charge is 0.489 e. The summed E-state index contributed by atoms with van der Waals surface area (Å²) in [5.41, 5.74) is 1.96. The molecular formula is C22H20N2O3S. The molecule has 0 saturated heterocycles. The van der Waals surface area contributed by atoms with Crippen LogP contribution in [-0.4, -0.2) is 15.0 Å². The van der Waals surface area contributed by atoms with Gasteiger partial charge in [-0.15, -0.1) is 0 Å². The summed E-state index contributed by atoms with van der Waals surface area (Å²) in [5.74, 6) is 0.537. The molecule has 0 aliphatic rings. The van der Waals surface area contributed by atoms with Crippen LogP contribution < -0.4 is 9.04 Å². The molecule has 0 aliphatic heterocycles. The zero-order valence-corrected chi connectivity index (χ0v) is 16.3. The van der Waals surface area contributed by atoms with E-state index >= 15 is 0 Å². The van der Waals surface area contributed by atoms with Gasteiger partial charge in [0.2, 0.25) is 0 Å². The lowest BCUT2D eigenvalue weighted by Gasteiger charge is -2.23. The second kappa shape index (κ2) is 8.59. The number of para-hydroxylation sites is 1. The number of hydrogen-bond donors (Lipinski definition) is 0. The SMILES string of the molecule is CCN(c1ccccc1)S(=O)(=O)c1ccc(OCc2ccccc2C#N)cc1. The molecule has 6 heteroatoms. The molecule has 28 heavy (non-hydrogen) atoms. The summed E-state index contributed by atoms with van der Waals surface area (Å²) in [6, 6.07) is 24.7. The van der Waals surface area contributed by atoms with Crippen LogP contribution in [0.1, 0.15) is 18.1 Å². The minimum absolute atomic E-state index is 0.197. The number of hydrogen-bond acceptors (Lipinski definition) is 4. The molecule has 0 aliphatic carbocycles. The summed E-state index contributed by atoms with van der Waals surface area (Å²) in [6.45, 7) is 2.37. The molecule has 0 N–H and O–H groups in total. The molecule has 3 rings (SSSR count). The van der Waals surface area contributed by atoms with Crippen LogP contribution in [0.2, 0.25) is 0 Å². The first kappa shape index (κ1) is 19.5. The van der Waals surface area contributed by atoms with E-state index in [2.05, 4.69) is 6.07 Å². The Bertz CT molecular complexity index is 1070. The van der Waals surface area contributed by atoms with Crippen LogP contribution in [0, 0.1) is 11.3 Å². The van der Waals surface area contributed by atoms with Gasteiger partial charge in [0.15, 0.2) is 0 Å². The third-order valence-corrected chi connectivity index (χ3v) is 6.19. The van der Waals surface area contributed by atoms with Crippen LogP contribution in [0.4, 0.5) is 5.69 Å². The van der Waals surface area contributed by atoms with Crippen molar-refractivity contribution < 1.29 is 13.2 Å². The summed E-state index contributed by atoms with van der Waals surface area (Å²) in [4.78, 5) is 0.197.